The Bertz CT molecular complexity index is 652. The molecular formula is C12H18ClN6O3P. The average molecular weight is 361 g/mol. The molecule has 0 aromatic carbocycles. The van der Waals surface area contributed by atoms with Crippen molar-refractivity contribution >= 4 is 31.4 Å². The highest BCUT2D eigenvalue weighted by molar-refractivity contribution is 7.51. The molecule has 1 aromatic rings. The van der Waals surface area contributed by atoms with E-state index in [2.05, 4.69) is 20.1 Å². The Morgan fingerprint density at radius 1 is 1.48 bits per heavy atom. The molecule has 9 nitrogen and oxygen atoms in total. The number of halogens is 1. The van der Waals surface area contributed by atoms with Crippen LogP contribution in [-0.2, 0) is 11.1 Å². The van der Waals surface area contributed by atoms with E-state index in [9.17, 15) is 4.57 Å². The molecule has 1 aliphatic rings. The molecule has 2 rings (SSSR count). The SMILES string of the molecule is [C-]#[N+]CCN(CCn1cnc2c1NC=NC2Cl)CCP(=O)(O)O. The number of aliphatic imine (C=N–C) groups is 1. The number of aromatic nitrogens is 2. The second-order valence-electron chi connectivity index (χ2n) is 5.04. The van der Waals surface area contributed by atoms with Crippen LogP contribution >= 0.6 is 19.2 Å². The number of nitrogens with one attached hydrogen (secondary N) is 1. The van der Waals surface area contributed by atoms with Crippen LogP contribution in [0.5, 0.6) is 0 Å². The highest BCUT2D eigenvalue weighted by Gasteiger charge is 2.21. The monoisotopic (exact) mass is 360 g/mol. The summed E-state index contributed by atoms with van der Waals surface area (Å²) in [5, 5.41) is 3.00. The molecule has 0 saturated heterocycles. The summed E-state index contributed by atoms with van der Waals surface area (Å²) in [5.41, 5.74) is 0.137. The van der Waals surface area contributed by atoms with E-state index >= 15 is 0 Å². The first kappa shape index (κ1) is 17.9. The minimum absolute atomic E-state index is 0.221. The minimum Gasteiger partial charge on any atom is -0.331 e. The summed E-state index contributed by atoms with van der Waals surface area (Å²) >= 11 is 6.05. The van der Waals surface area contributed by atoms with E-state index in [0.29, 0.717) is 25.3 Å². The highest BCUT2D eigenvalue weighted by atomic mass is 35.5. The number of fused-ring (bicyclic) bond motifs is 1. The fourth-order valence-electron chi connectivity index (χ4n) is 2.18. The van der Waals surface area contributed by atoms with Gasteiger partial charge in [-0.2, -0.15) is 0 Å². The third-order valence-corrected chi connectivity index (χ3v) is 4.49. The first-order valence-electron chi connectivity index (χ1n) is 6.98. The minimum atomic E-state index is -4.05. The normalized spacial score (nSPS) is 16.9. The van der Waals surface area contributed by atoms with Crippen molar-refractivity contribution in [2.75, 3.05) is 37.7 Å². The fraction of sp³-hybridized carbons (Fsp3) is 0.583. The lowest BCUT2D eigenvalue weighted by Crippen LogP contribution is -2.32. The van der Waals surface area contributed by atoms with E-state index in [4.69, 9.17) is 28.0 Å². The second kappa shape index (κ2) is 7.90. The lowest BCUT2D eigenvalue weighted by atomic mass is 10.4. The van der Waals surface area contributed by atoms with Gasteiger partial charge in [-0.25, -0.2) is 16.5 Å². The summed E-state index contributed by atoms with van der Waals surface area (Å²) in [6.07, 6.45) is 2.95. The number of anilines is 1. The Hall–Kier alpha value is -1.43. The first-order chi connectivity index (χ1) is 10.9. The van der Waals surface area contributed by atoms with Crippen molar-refractivity contribution in [3.05, 3.63) is 23.4 Å². The van der Waals surface area contributed by atoms with E-state index in [1.807, 2.05) is 9.47 Å². The molecule has 0 amide bonds. The van der Waals surface area contributed by atoms with Crippen LogP contribution in [0.4, 0.5) is 5.82 Å². The fourth-order valence-corrected chi connectivity index (χ4v) is 2.94. The maximum Gasteiger partial charge on any atom is 0.326 e. The van der Waals surface area contributed by atoms with Gasteiger partial charge in [-0.1, -0.05) is 11.6 Å². The van der Waals surface area contributed by atoms with Crippen LogP contribution in [0, 0.1) is 6.57 Å². The number of rotatable bonds is 8. The van der Waals surface area contributed by atoms with Crippen molar-refractivity contribution in [2.24, 2.45) is 4.99 Å². The molecule has 0 aliphatic carbocycles. The lowest BCUT2D eigenvalue weighted by molar-refractivity contribution is 0.280. The van der Waals surface area contributed by atoms with Gasteiger partial charge < -0.3 is 24.5 Å². The molecule has 126 valence electrons. The molecule has 1 atom stereocenters. The zero-order valence-corrected chi connectivity index (χ0v) is 14.0. The maximum atomic E-state index is 11.0. The summed E-state index contributed by atoms with van der Waals surface area (Å²) in [6, 6.07) is 0. The summed E-state index contributed by atoms with van der Waals surface area (Å²) in [6.45, 7) is 8.96. The predicted octanol–water partition coefficient (Wildman–Crippen LogP) is 0.973. The number of alkyl halides is 1. The quantitative estimate of drug-likeness (QED) is 0.276. The molecule has 0 spiro atoms. The Kier molecular flexibility index (Phi) is 6.16. The van der Waals surface area contributed by atoms with Crippen molar-refractivity contribution in [3.8, 4) is 0 Å². The van der Waals surface area contributed by atoms with E-state index in [-0.39, 0.29) is 19.3 Å². The van der Waals surface area contributed by atoms with Crippen LogP contribution in [0.1, 0.15) is 11.2 Å². The predicted molar refractivity (Wildman–Crippen MR) is 87.8 cm³/mol. The van der Waals surface area contributed by atoms with Gasteiger partial charge in [0.05, 0.1) is 25.4 Å². The molecule has 0 fully saturated rings. The van der Waals surface area contributed by atoms with Crippen molar-refractivity contribution in [1.29, 1.82) is 0 Å². The smallest absolute Gasteiger partial charge is 0.326 e. The maximum absolute atomic E-state index is 11.0. The zero-order chi connectivity index (χ0) is 16.9. The summed E-state index contributed by atoms with van der Waals surface area (Å²) in [4.78, 5) is 31.4. The topological polar surface area (TPSA) is 107 Å². The van der Waals surface area contributed by atoms with Crippen molar-refractivity contribution < 1.29 is 14.4 Å². The molecule has 1 aliphatic heterocycles. The number of hydrogen-bond acceptors (Lipinski definition) is 5. The van der Waals surface area contributed by atoms with Crippen LogP contribution in [-0.4, -0.2) is 62.9 Å². The van der Waals surface area contributed by atoms with Gasteiger partial charge in [0.1, 0.15) is 11.5 Å². The number of imidazole rings is 1. The van der Waals surface area contributed by atoms with Crippen molar-refractivity contribution in [1.82, 2.24) is 14.5 Å². The molecule has 2 heterocycles. The average Bonchev–Trinajstić information content (AvgIpc) is 2.90. The van der Waals surface area contributed by atoms with Gasteiger partial charge in [0.25, 0.3) is 0 Å². The Morgan fingerprint density at radius 3 is 2.96 bits per heavy atom. The van der Waals surface area contributed by atoms with Gasteiger partial charge in [-0.15, -0.1) is 0 Å². The van der Waals surface area contributed by atoms with Crippen molar-refractivity contribution in [3.63, 3.8) is 0 Å². The molecule has 0 bridgehead atoms. The lowest BCUT2D eigenvalue weighted by Gasteiger charge is -2.21. The molecule has 11 heteroatoms. The third-order valence-electron chi connectivity index (χ3n) is 3.39. The molecule has 1 unspecified atom stereocenters. The zero-order valence-electron chi connectivity index (χ0n) is 12.3. The number of hydrogen-bond donors (Lipinski definition) is 3. The van der Waals surface area contributed by atoms with Crippen LogP contribution in [0.15, 0.2) is 11.3 Å². The van der Waals surface area contributed by atoms with E-state index in [1.165, 1.54) is 6.34 Å². The van der Waals surface area contributed by atoms with Gasteiger partial charge in [0.2, 0.25) is 6.54 Å². The summed E-state index contributed by atoms with van der Waals surface area (Å²) in [5.74, 6) is 0.764. The highest BCUT2D eigenvalue weighted by Crippen LogP contribution is 2.33. The molecule has 0 radical (unpaired) electrons. The van der Waals surface area contributed by atoms with E-state index < -0.39 is 13.1 Å². The Morgan fingerprint density at radius 2 is 2.26 bits per heavy atom. The van der Waals surface area contributed by atoms with Crippen molar-refractivity contribution in [2.45, 2.75) is 12.0 Å². The van der Waals surface area contributed by atoms with Gasteiger partial charge in [-0.3, -0.25) is 9.46 Å². The van der Waals surface area contributed by atoms with E-state index in [1.54, 1.807) is 6.33 Å². The molecule has 3 N–H and O–H groups in total. The summed E-state index contributed by atoms with van der Waals surface area (Å²) in [7, 11) is -4.05. The molecular weight excluding hydrogens is 343 g/mol. The molecule has 23 heavy (non-hydrogen) atoms. The van der Waals surface area contributed by atoms with Crippen LogP contribution in [0.3, 0.4) is 0 Å². The standard InChI is InChI=1S/C12H18ClN6O3P/c1-14-2-3-18(6-7-23(20,21)22)4-5-19-9-17-10-11(13)15-8-16-12(10)19/h8-9,11H,2-7H2,(H,15,16)(H2,20,21,22). The van der Waals surface area contributed by atoms with Crippen LogP contribution in [0.25, 0.3) is 4.85 Å². The second-order valence-corrected chi connectivity index (χ2v) is 7.23. The van der Waals surface area contributed by atoms with Gasteiger partial charge in [-0.05, 0) is 0 Å². The Balaban J connectivity index is 1.96. The summed E-state index contributed by atoms with van der Waals surface area (Å²) < 4.78 is 12.9. The molecule has 1 aromatic heterocycles. The van der Waals surface area contributed by atoms with Crippen LogP contribution < -0.4 is 5.32 Å². The molecule has 0 saturated carbocycles. The largest absolute Gasteiger partial charge is 0.331 e. The number of nitrogens with zero attached hydrogens (tertiary/aromatic N) is 5. The first-order valence-corrected chi connectivity index (χ1v) is 9.21. The van der Waals surface area contributed by atoms with Gasteiger partial charge in [0.15, 0.2) is 5.50 Å². The van der Waals surface area contributed by atoms with Gasteiger partial charge >= 0.3 is 7.60 Å². The van der Waals surface area contributed by atoms with Gasteiger partial charge in [0, 0.05) is 19.6 Å². The van der Waals surface area contributed by atoms with Crippen LogP contribution in [0.2, 0.25) is 0 Å². The Labute approximate surface area is 139 Å². The third kappa shape index (κ3) is 5.30. The van der Waals surface area contributed by atoms with E-state index in [0.717, 1.165) is 5.82 Å².